The molecular formula is C19H27NO4. The van der Waals surface area contributed by atoms with Crippen molar-refractivity contribution in [2.75, 3.05) is 6.61 Å². The van der Waals surface area contributed by atoms with Crippen LogP contribution in [0.3, 0.4) is 0 Å². The molecule has 6 unspecified atom stereocenters. The van der Waals surface area contributed by atoms with Crippen LogP contribution in [0.1, 0.15) is 52.9 Å². The highest BCUT2D eigenvalue weighted by molar-refractivity contribution is 6.03. The van der Waals surface area contributed by atoms with Crippen LogP contribution < -0.4 is 0 Å². The maximum absolute atomic E-state index is 12.5. The van der Waals surface area contributed by atoms with Crippen LogP contribution in [0.5, 0.6) is 0 Å². The predicted molar refractivity (Wildman–Crippen MR) is 86.6 cm³/mol. The minimum Gasteiger partial charge on any atom is -0.455 e. The number of carbonyl (C=O) groups excluding carboxylic acids is 3. The molecule has 0 aromatic heterocycles. The van der Waals surface area contributed by atoms with Gasteiger partial charge in [-0.2, -0.15) is 0 Å². The summed E-state index contributed by atoms with van der Waals surface area (Å²) in [7, 11) is 0. The zero-order valence-electron chi connectivity index (χ0n) is 14.8. The Labute approximate surface area is 143 Å². The molecule has 0 N–H and O–H groups in total. The molecule has 4 rings (SSSR count). The lowest BCUT2D eigenvalue weighted by molar-refractivity contribution is -0.178. The molecule has 0 spiro atoms. The summed E-state index contributed by atoms with van der Waals surface area (Å²) in [5.41, 5.74) is -0.592. The van der Waals surface area contributed by atoms with Gasteiger partial charge in [-0.05, 0) is 63.2 Å². The first-order valence-corrected chi connectivity index (χ1v) is 9.40. The average molecular weight is 333 g/mol. The molecule has 3 saturated carbocycles. The van der Waals surface area contributed by atoms with Gasteiger partial charge in [-0.1, -0.05) is 13.3 Å². The van der Waals surface area contributed by atoms with Crippen LogP contribution >= 0.6 is 0 Å². The highest BCUT2D eigenvalue weighted by atomic mass is 16.5. The largest absolute Gasteiger partial charge is 0.455 e. The molecule has 4 aliphatic rings. The van der Waals surface area contributed by atoms with Crippen LogP contribution in [-0.4, -0.2) is 35.3 Å². The summed E-state index contributed by atoms with van der Waals surface area (Å²) in [5.74, 6) is 1.79. The van der Waals surface area contributed by atoms with Crippen LogP contribution in [0.25, 0.3) is 0 Å². The molecule has 5 nitrogen and oxygen atoms in total. The van der Waals surface area contributed by atoms with E-state index in [-0.39, 0.29) is 36.4 Å². The zero-order valence-corrected chi connectivity index (χ0v) is 14.8. The Balaban J connectivity index is 1.40. The summed E-state index contributed by atoms with van der Waals surface area (Å²) in [6, 6.07) is 0.0900. The molecule has 4 fully saturated rings. The van der Waals surface area contributed by atoms with Gasteiger partial charge in [0, 0.05) is 0 Å². The van der Waals surface area contributed by atoms with Gasteiger partial charge >= 0.3 is 5.97 Å². The first-order valence-electron chi connectivity index (χ1n) is 9.40. The summed E-state index contributed by atoms with van der Waals surface area (Å²) in [4.78, 5) is 38.5. The summed E-state index contributed by atoms with van der Waals surface area (Å²) in [6.07, 6.45) is 5.56. The Kier molecular flexibility index (Phi) is 3.56. The number of carbonyl (C=O) groups is 3. The lowest BCUT2D eigenvalue weighted by atomic mass is 9.67. The van der Waals surface area contributed by atoms with Crippen molar-refractivity contribution in [2.24, 2.45) is 35.0 Å². The number of hydrogen-bond acceptors (Lipinski definition) is 4. The lowest BCUT2D eigenvalue weighted by Gasteiger charge is -2.51. The highest BCUT2D eigenvalue weighted by Gasteiger charge is 2.69. The number of imide groups is 1. The molecule has 132 valence electrons. The number of β-lactam (4-membered cyclic amide) rings is 1. The fourth-order valence-electron chi connectivity index (χ4n) is 5.80. The molecule has 0 aromatic rings. The summed E-state index contributed by atoms with van der Waals surface area (Å²) in [5, 5.41) is 0. The number of nitrogens with zero attached hydrogens (tertiary/aromatic N) is 1. The van der Waals surface area contributed by atoms with Crippen molar-refractivity contribution >= 4 is 17.8 Å². The first kappa shape index (κ1) is 16.1. The van der Waals surface area contributed by atoms with E-state index < -0.39 is 5.41 Å². The van der Waals surface area contributed by atoms with E-state index in [1.807, 2.05) is 6.92 Å². The molecule has 2 amide bonds. The minimum atomic E-state index is -0.592. The fourth-order valence-corrected chi connectivity index (χ4v) is 5.80. The molecule has 1 saturated heterocycles. The highest BCUT2D eigenvalue weighted by Crippen LogP contribution is 2.65. The van der Waals surface area contributed by atoms with Gasteiger partial charge in [0.1, 0.15) is 0 Å². The molecule has 24 heavy (non-hydrogen) atoms. The van der Waals surface area contributed by atoms with Gasteiger partial charge in [0.2, 0.25) is 5.91 Å². The van der Waals surface area contributed by atoms with Gasteiger partial charge in [0.25, 0.3) is 5.91 Å². The van der Waals surface area contributed by atoms with Crippen molar-refractivity contribution in [1.82, 2.24) is 4.90 Å². The van der Waals surface area contributed by atoms with Gasteiger partial charge in [-0.15, -0.1) is 0 Å². The monoisotopic (exact) mass is 333 g/mol. The molecule has 2 bridgehead atoms. The third kappa shape index (κ3) is 2.02. The molecule has 0 radical (unpaired) electrons. The predicted octanol–water partition coefficient (Wildman–Crippen LogP) is 2.39. The van der Waals surface area contributed by atoms with Crippen LogP contribution in [0.15, 0.2) is 0 Å². The third-order valence-electron chi connectivity index (χ3n) is 7.39. The lowest BCUT2D eigenvalue weighted by Crippen LogP contribution is -2.67. The smallest absolute Gasteiger partial charge is 0.312 e. The van der Waals surface area contributed by atoms with Crippen molar-refractivity contribution in [3.63, 3.8) is 0 Å². The number of ether oxygens (including phenoxy) is 1. The topological polar surface area (TPSA) is 63.7 Å². The average Bonchev–Trinajstić information content (AvgIpc) is 3.21. The van der Waals surface area contributed by atoms with Crippen molar-refractivity contribution in [1.29, 1.82) is 0 Å². The second kappa shape index (κ2) is 5.30. The number of likely N-dealkylation sites (tertiary alicyclic amines) is 1. The van der Waals surface area contributed by atoms with Crippen molar-refractivity contribution in [3.8, 4) is 0 Å². The molecule has 6 atom stereocenters. The second-order valence-corrected chi connectivity index (χ2v) is 8.75. The van der Waals surface area contributed by atoms with Crippen molar-refractivity contribution in [3.05, 3.63) is 0 Å². The number of esters is 1. The van der Waals surface area contributed by atoms with Gasteiger partial charge in [-0.3, -0.25) is 19.3 Å². The van der Waals surface area contributed by atoms with E-state index >= 15 is 0 Å². The van der Waals surface area contributed by atoms with E-state index in [0.29, 0.717) is 24.2 Å². The van der Waals surface area contributed by atoms with Crippen LogP contribution in [-0.2, 0) is 19.1 Å². The van der Waals surface area contributed by atoms with E-state index in [0.717, 1.165) is 12.3 Å². The second-order valence-electron chi connectivity index (χ2n) is 8.75. The Hall–Kier alpha value is -1.39. The molecule has 5 heteroatoms. The van der Waals surface area contributed by atoms with Crippen molar-refractivity contribution < 1.29 is 19.1 Å². The van der Waals surface area contributed by atoms with Crippen LogP contribution in [0.4, 0.5) is 0 Å². The van der Waals surface area contributed by atoms with Gasteiger partial charge in [0.15, 0.2) is 6.61 Å². The maximum Gasteiger partial charge on any atom is 0.312 e. The third-order valence-corrected chi connectivity index (χ3v) is 7.39. The molecule has 0 aromatic carbocycles. The summed E-state index contributed by atoms with van der Waals surface area (Å²) < 4.78 is 5.20. The number of rotatable bonds is 4. The van der Waals surface area contributed by atoms with Gasteiger partial charge in [-0.25, -0.2) is 0 Å². The summed E-state index contributed by atoms with van der Waals surface area (Å²) in [6.45, 7) is 5.23. The normalized spacial score (nSPS) is 39.5. The number of hydrogen-bond donors (Lipinski definition) is 0. The van der Waals surface area contributed by atoms with E-state index in [4.69, 9.17) is 4.74 Å². The Bertz CT molecular complexity index is 598. The van der Waals surface area contributed by atoms with Crippen LogP contribution in [0.2, 0.25) is 0 Å². The maximum atomic E-state index is 12.5. The quantitative estimate of drug-likeness (QED) is 0.585. The number of fused-ring (bicyclic) bond motifs is 8. The molecular weight excluding hydrogens is 306 g/mol. The van der Waals surface area contributed by atoms with E-state index in [2.05, 4.69) is 0 Å². The fraction of sp³-hybridized carbons (Fsp3) is 0.842. The zero-order chi connectivity index (χ0) is 17.2. The van der Waals surface area contributed by atoms with E-state index in [9.17, 15) is 14.4 Å². The number of amides is 2. The standard InChI is InChI=1S/C19H27NO4/c1-4-19(2,3)18(23)24-9-14(21)20-16-13-8-12(15(16)17(20)22)10-6-5-7-11(10)13/h10-13,15-16H,4-9H2,1-3H3. The van der Waals surface area contributed by atoms with Crippen molar-refractivity contribution in [2.45, 2.75) is 58.9 Å². The summed E-state index contributed by atoms with van der Waals surface area (Å²) >= 11 is 0. The van der Waals surface area contributed by atoms with E-state index in [1.54, 1.807) is 13.8 Å². The molecule has 1 heterocycles. The SMILES string of the molecule is CCC(C)(C)C(=O)OCC(=O)N1C(=O)C2C3CC(C4CCCC43)C21. The minimum absolute atomic E-state index is 0.0198. The van der Waals surface area contributed by atoms with Gasteiger partial charge < -0.3 is 4.74 Å². The Morgan fingerprint density at radius 2 is 1.83 bits per heavy atom. The Morgan fingerprint density at radius 1 is 1.17 bits per heavy atom. The van der Waals surface area contributed by atoms with Gasteiger partial charge in [0.05, 0.1) is 17.4 Å². The van der Waals surface area contributed by atoms with E-state index in [1.165, 1.54) is 24.2 Å². The Morgan fingerprint density at radius 3 is 2.50 bits per heavy atom. The first-order chi connectivity index (χ1) is 11.4. The van der Waals surface area contributed by atoms with Crippen LogP contribution in [0, 0.1) is 35.0 Å². The molecule has 3 aliphatic carbocycles. The molecule has 1 aliphatic heterocycles.